The van der Waals surface area contributed by atoms with Gasteiger partial charge in [-0.15, -0.1) is 0 Å². The largest absolute Gasteiger partial charge is 0.447 e. The smallest absolute Gasteiger partial charge is 0.415 e. The molecule has 0 spiro atoms. The lowest BCUT2D eigenvalue weighted by atomic mass is 9.82. The second kappa shape index (κ2) is 10.4. The maximum absolute atomic E-state index is 12.6. The van der Waals surface area contributed by atoms with E-state index in [0.29, 0.717) is 24.3 Å². The third kappa shape index (κ3) is 5.70. The summed E-state index contributed by atoms with van der Waals surface area (Å²) < 4.78 is 10.7. The highest BCUT2D eigenvalue weighted by atomic mass is 16.6. The zero-order valence-electron chi connectivity index (χ0n) is 22.9. The van der Waals surface area contributed by atoms with Crippen LogP contribution < -0.4 is 10.2 Å². The molecule has 10 nitrogen and oxygen atoms in total. The Morgan fingerprint density at radius 1 is 1.21 bits per heavy atom. The number of hydrogen-bond donors (Lipinski definition) is 1. The van der Waals surface area contributed by atoms with E-state index in [0.717, 1.165) is 38.2 Å². The van der Waals surface area contributed by atoms with Crippen molar-refractivity contribution >= 4 is 24.0 Å². The topological polar surface area (TPSA) is 100 Å². The number of carbonyl (C=O) groups is 2. The van der Waals surface area contributed by atoms with Crippen LogP contribution in [0.3, 0.4) is 0 Å². The van der Waals surface area contributed by atoms with Gasteiger partial charge in [0.2, 0.25) is 5.95 Å². The summed E-state index contributed by atoms with van der Waals surface area (Å²) in [5.41, 5.74) is 1.88. The molecule has 4 atom stereocenters. The van der Waals surface area contributed by atoms with E-state index in [1.54, 1.807) is 17.2 Å². The molecule has 204 valence electrons. The highest BCUT2D eigenvalue weighted by molar-refractivity contribution is 5.89. The van der Waals surface area contributed by atoms with E-state index in [-0.39, 0.29) is 30.3 Å². The van der Waals surface area contributed by atoms with Crippen LogP contribution in [-0.4, -0.2) is 75.9 Å². The molecule has 2 aromatic rings. The maximum atomic E-state index is 12.6. The first-order valence-electron chi connectivity index (χ1n) is 13.4. The number of benzene rings is 1. The number of piperidine rings is 1. The van der Waals surface area contributed by atoms with Crippen molar-refractivity contribution in [2.75, 3.05) is 36.5 Å². The first-order chi connectivity index (χ1) is 18.1. The number of likely N-dealkylation sites (tertiary alicyclic amines) is 2. The number of nitrogens with zero attached hydrogens (tertiary/aromatic N) is 5. The molecule has 3 aliphatic rings. The van der Waals surface area contributed by atoms with Gasteiger partial charge in [0.15, 0.2) is 0 Å². The van der Waals surface area contributed by atoms with Crippen LogP contribution in [0.4, 0.5) is 21.4 Å². The van der Waals surface area contributed by atoms with Crippen LogP contribution in [0.1, 0.15) is 58.2 Å². The van der Waals surface area contributed by atoms with E-state index >= 15 is 0 Å². The Kier molecular flexibility index (Phi) is 7.17. The quantitative estimate of drug-likeness (QED) is 0.595. The standard InChI is InChI=1S/C28H38N6O4/c1-18-17-37-27(36)34(18)24-10-12-29-25(31-24)30-19(2)21-8-6-20(7-9-21)14-32-13-11-22-15-33(23(22)16-32)26(35)38-28(3,4)5/h6-10,12,18-19,22-23H,11,13-17H2,1-5H3,(H,29,30,31)/t18-,19-,22?,23?/m0/s1. The number of cyclic esters (lactones) is 1. The lowest BCUT2D eigenvalue weighted by Gasteiger charge is -2.53. The molecule has 1 aromatic heterocycles. The molecule has 2 unspecified atom stereocenters. The van der Waals surface area contributed by atoms with Crippen molar-refractivity contribution in [3.8, 4) is 0 Å². The summed E-state index contributed by atoms with van der Waals surface area (Å²) in [6, 6.07) is 10.4. The zero-order valence-corrected chi connectivity index (χ0v) is 22.9. The van der Waals surface area contributed by atoms with Crippen molar-refractivity contribution in [2.24, 2.45) is 5.92 Å². The number of aromatic nitrogens is 2. The zero-order chi connectivity index (χ0) is 27.0. The SMILES string of the molecule is C[C@H](Nc1nccc(N2C(=O)OC[C@@H]2C)n1)c1ccc(CN2CCC3CN(C(=O)OC(C)(C)C)C3C2)cc1. The van der Waals surface area contributed by atoms with Gasteiger partial charge in [0, 0.05) is 25.8 Å². The number of hydrogen-bond acceptors (Lipinski definition) is 8. The van der Waals surface area contributed by atoms with E-state index in [4.69, 9.17) is 9.47 Å². The molecule has 0 radical (unpaired) electrons. The summed E-state index contributed by atoms with van der Waals surface area (Å²) in [4.78, 5) is 39.3. The molecule has 0 aliphatic carbocycles. The Hall–Kier alpha value is -3.40. The number of carbonyl (C=O) groups excluding carboxylic acids is 2. The van der Waals surface area contributed by atoms with Gasteiger partial charge in [-0.25, -0.2) is 14.6 Å². The van der Waals surface area contributed by atoms with Crippen LogP contribution in [0, 0.1) is 5.92 Å². The maximum Gasteiger partial charge on any atom is 0.415 e. The number of fused-ring (bicyclic) bond motifs is 1. The summed E-state index contributed by atoms with van der Waals surface area (Å²) in [6.45, 7) is 13.6. The van der Waals surface area contributed by atoms with Gasteiger partial charge in [-0.1, -0.05) is 24.3 Å². The first kappa shape index (κ1) is 26.2. The molecule has 3 fully saturated rings. The predicted molar refractivity (Wildman–Crippen MR) is 144 cm³/mol. The Morgan fingerprint density at radius 3 is 2.66 bits per heavy atom. The van der Waals surface area contributed by atoms with Gasteiger partial charge >= 0.3 is 12.2 Å². The van der Waals surface area contributed by atoms with E-state index in [1.165, 1.54) is 5.56 Å². The van der Waals surface area contributed by atoms with Crippen molar-refractivity contribution in [2.45, 2.75) is 71.3 Å². The van der Waals surface area contributed by atoms with E-state index in [1.807, 2.05) is 32.6 Å². The van der Waals surface area contributed by atoms with Crippen molar-refractivity contribution in [3.63, 3.8) is 0 Å². The van der Waals surface area contributed by atoms with Gasteiger partial charge in [0.05, 0.1) is 18.1 Å². The molecule has 3 aliphatic heterocycles. The molecule has 38 heavy (non-hydrogen) atoms. The van der Waals surface area contributed by atoms with Gasteiger partial charge in [-0.2, -0.15) is 4.98 Å². The van der Waals surface area contributed by atoms with Crippen molar-refractivity contribution in [1.82, 2.24) is 19.8 Å². The third-order valence-electron chi connectivity index (χ3n) is 7.47. The lowest BCUT2D eigenvalue weighted by Crippen LogP contribution is -2.66. The van der Waals surface area contributed by atoms with Gasteiger partial charge in [-0.05, 0) is 70.7 Å². The molecule has 2 amide bonds. The minimum Gasteiger partial charge on any atom is -0.447 e. The lowest BCUT2D eigenvalue weighted by molar-refractivity contribution is -0.0600. The first-order valence-corrected chi connectivity index (χ1v) is 13.4. The minimum atomic E-state index is -0.473. The number of ether oxygens (including phenoxy) is 2. The molecule has 10 heteroatoms. The molecule has 1 N–H and O–H groups in total. The molecule has 1 aromatic carbocycles. The van der Waals surface area contributed by atoms with Crippen LogP contribution in [0.5, 0.6) is 0 Å². The third-order valence-corrected chi connectivity index (χ3v) is 7.47. The molecule has 0 bridgehead atoms. The van der Waals surface area contributed by atoms with E-state index in [9.17, 15) is 9.59 Å². The van der Waals surface area contributed by atoms with Crippen molar-refractivity contribution in [1.29, 1.82) is 0 Å². The Balaban J connectivity index is 1.16. The van der Waals surface area contributed by atoms with Crippen LogP contribution in [-0.2, 0) is 16.0 Å². The summed E-state index contributed by atoms with van der Waals surface area (Å²) >= 11 is 0. The van der Waals surface area contributed by atoms with E-state index in [2.05, 4.69) is 51.4 Å². The second-order valence-electron chi connectivity index (χ2n) is 11.6. The fraction of sp³-hybridized carbons (Fsp3) is 0.571. The molecular weight excluding hydrogens is 484 g/mol. The normalized spacial score (nSPS) is 24.3. The summed E-state index contributed by atoms with van der Waals surface area (Å²) in [5.74, 6) is 1.57. The van der Waals surface area contributed by atoms with E-state index < -0.39 is 5.60 Å². The van der Waals surface area contributed by atoms with Gasteiger partial charge in [-0.3, -0.25) is 9.80 Å². The highest BCUT2D eigenvalue weighted by Crippen LogP contribution is 2.34. The fourth-order valence-corrected chi connectivity index (χ4v) is 5.37. The van der Waals surface area contributed by atoms with Crippen LogP contribution in [0.2, 0.25) is 0 Å². The number of amides is 2. The van der Waals surface area contributed by atoms with Crippen LogP contribution in [0.15, 0.2) is 36.5 Å². The molecular formula is C28H38N6O4. The van der Waals surface area contributed by atoms with Gasteiger partial charge in [0.1, 0.15) is 18.0 Å². The van der Waals surface area contributed by atoms with Gasteiger partial charge < -0.3 is 19.7 Å². The van der Waals surface area contributed by atoms with Crippen LogP contribution in [0.25, 0.3) is 0 Å². The number of rotatable bonds is 6. The Bertz CT molecular complexity index is 1170. The Morgan fingerprint density at radius 2 is 1.97 bits per heavy atom. The van der Waals surface area contributed by atoms with Gasteiger partial charge in [0.25, 0.3) is 0 Å². The molecule has 5 rings (SSSR count). The average molecular weight is 523 g/mol. The molecule has 3 saturated heterocycles. The van der Waals surface area contributed by atoms with Crippen LogP contribution >= 0.6 is 0 Å². The average Bonchev–Trinajstić information content (AvgIpc) is 3.18. The monoisotopic (exact) mass is 522 g/mol. The minimum absolute atomic E-state index is 0.0182. The number of nitrogens with one attached hydrogen (secondary N) is 1. The predicted octanol–water partition coefficient (Wildman–Crippen LogP) is 4.44. The van der Waals surface area contributed by atoms with Crippen molar-refractivity contribution in [3.05, 3.63) is 47.7 Å². The number of anilines is 2. The molecule has 4 heterocycles. The highest BCUT2D eigenvalue weighted by Gasteiger charge is 2.46. The molecule has 0 saturated carbocycles. The summed E-state index contributed by atoms with van der Waals surface area (Å²) in [7, 11) is 0. The summed E-state index contributed by atoms with van der Waals surface area (Å²) in [5, 5.41) is 3.34. The fourth-order valence-electron chi connectivity index (χ4n) is 5.37. The second-order valence-corrected chi connectivity index (χ2v) is 11.6. The summed E-state index contributed by atoms with van der Waals surface area (Å²) in [6.07, 6.45) is 2.17. The van der Waals surface area contributed by atoms with Crippen molar-refractivity contribution < 1.29 is 19.1 Å². The Labute approximate surface area is 224 Å².